The second kappa shape index (κ2) is 9.60. The minimum absolute atomic E-state index is 0.0159. The molecule has 0 radical (unpaired) electrons. The third-order valence-electron chi connectivity index (χ3n) is 4.85. The average molecular weight is 377 g/mol. The van der Waals surface area contributed by atoms with Crippen molar-refractivity contribution in [3.8, 4) is 11.5 Å². The predicted molar refractivity (Wildman–Crippen MR) is 104 cm³/mol. The molecule has 0 bridgehead atoms. The van der Waals surface area contributed by atoms with Crippen molar-refractivity contribution in [1.29, 1.82) is 0 Å². The second-order valence-corrected chi connectivity index (χ2v) is 7.16. The van der Waals surface area contributed by atoms with E-state index in [4.69, 9.17) is 9.47 Å². The number of methoxy groups -OCH3 is 2. The number of ether oxygens (including phenoxy) is 2. The van der Waals surface area contributed by atoms with E-state index < -0.39 is 0 Å². The molecule has 2 amide bonds. The topological polar surface area (TPSA) is 62.3 Å². The molecule has 1 fully saturated rings. The van der Waals surface area contributed by atoms with Gasteiger partial charge in [-0.2, -0.15) is 0 Å². The molecule has 1 aromatic rings. The van der Waals surface area contributed by atoms with Crippen LogP contribution in [0.25, 0.3) is 0 Å². The summed E-state index contributed by atoms with van der Waals surface area (Å²) < 4.78 is 10.8. The van der Waals surface area contributed by atoms with Crippen molar-refractivity contribution in [2.45, 2.75) is 20.4 Å². The first-order valence-corrected chi connectivity index (χ1v) is 9.32. The number of likely N-dealkylation sites (N-methyl/N-ethyl adjacent to an activating group) is 1. The van der Waals surface area contributed by atoms with Crippen LogP contribution in [0.15, 0.2) is 18.2 Å². The normalized spacial score (nSPS) is 15.0. The van der Waals surface area contributed by atoms with Crippen LogP contribution in [0.2, 0.25) is 0 Å². The van der Waals surface area contributed by atoms with Gasteiger partial charge in [0.15, 0.2) is 11.5 Å². The Morgan fingerprint density at radius 1 is 1.11 bits per heavy atom. The number of nitrogens with zero attached hydrogens (tertiary/aromatic N) is 3. The number of benzene rings is 1. The van der Waals surface area contributed by atoms with Gasteiger partial charge in [-0.25, -0.2) is 0 Å². The number of carbonyl (C=O) groups is 2. The van der Waals surface area contributed by atoms with Gasteiger partial charge in [0.2, 0.25) is 11.8 Å². The van der Waals surface area contributed by atoms with Crippen LogP contribution >= 0.6 is 0 Å². The van der Waals surface area contributed by atoms with Gasteiger partial charge >= 0.3 is 0 Å². The first kappa shape index (κ1) is 21.0. The maximum Gasteiger partial charge on any atom is 0.236 e. The van der Waals surface area contributed by atoms with E-state index >= 15 is 0 Å². The van der Waals surface area contributed by atoms with E-state index in [0.29, 0.717) is 37.7 Å². The highest BCUT2D eigenvalue weighted by Crippen LogP contribution is 2.31. The molecule has 150 valence electrons. The third-order valence-corrected chi connectivity index (χ3v) is 4.85. The van der Waals surface area contributed by atoms with Crippen LogP contribution in [0.1, 0.15) is 19.4 Å². The molecular formula is C20H31N3O4. The standard InChI is InChI=1S/C20H31N3O4/c1-15(2)20(25)23-11-9-22(10-12-23)14-18(24)21(3)13-16-7-6-8-17(26-4)19(16)27-5/h6-8,15H,9-14H2,1-5H3. The van der Waals surface area contributed by atoms with Crippen molar-refractivity contribution in [3.63, 3.8) is 0 Å². The molecule has 0 saturated carbocycles. The van der Waals surface area contributed by atoms with Gasteiger partial charge in [0.25, 0.3) is 0 Å². The molecule has 0 aliphatic carbocycles. The fourth-order valence-corrected chi connectivity index (χ4v) is 3.23. The summed E-state index contributed by atoms with van der Waals surface area (Å²) in [6.07, 6.45) is 0. The molecule has 0 unspecified atom stereocenters. The largest absolute Gasteiger partial charge is 0.493 e. The van der Waals surface area contributed by atoms with Crippen LogP contribution in [-0.2, 0) is 16.1 Å². The van der Waals surface area contributed by atoms with Crippen molar-refractivity contribution in [3.05, 3.63) is 23.8 Å². The Morgan fingerprint density at radius 3 is 2.33 bits per heavy atom. The number of para-hydroxylation sites is 1. The molecule has 0 N–H and O–H groups in total. The van der Waals surface area contributed by atoms with Crippen molar-refractivity contribution in [1.82, 2.24) is 14.7 Å². The van der Waals surface area contributed by atoms with Crippen LogP contribution < -0.4 is 9.47 Å². The molecule has 1 aliphatic heterocycles. The van der Waals surface area contributed by atoms with Gasteiger partial charge in [-0.3, -0.25) is 14.5 Å². The summed E-state index contributed by atoms with van der Waals surface area (Å²) >= 11 is 0. The van der Waals surface area contributed by atoms with E-state index in [-0.39, 0.29) is 17.7 Å². The smallest absolute Gasteiger partial charge is 0.236 e. The monoisotopic (exact) mass is 377 g/mol. The Labute approximate surface area is 161 Å². The zero-order valence-electron chi connectivity index (χ0n) is 17.0. The van der Waals surface area contributed by atoms with Gasteiger partial charge in [-0.15, -0.1) is 0 Å². The Morgan fingerprint density at radius 2 is 1.78 bits per heavy atom. The molecule has 7 nitrogen and oxygen atoms in total. The third kappa shape index (κ3) is 5.35. The molecule has 1 heterocycles. The molecule has 1 saturated heterocycles. The quantitative estimate of drug-likeness (QED) is 0.720. The molecule has 2 rings (SSSR count). The van der Waals surface area contributed by atoms with Crippen LogP contribution in [0.3, 0.4) is 0 Å². The number of rotatable bonds is 7. The Hall–Kier alpha value is -2.28. The number of carbonyl (C=O) groups excluding carboxylic acids is 2. The van der Waals surface area contributed by atoms with Gasteiger partial charge in [0.1, 0.15) is 0 Å². The summed E-state index contributed by atoms with van der Waals surface area (Å²) in [5, 5.41) is 0. The highest BCUT2D eigenvalue weighted by molar-refractivity contribution is 5.79. The number of hydrogen-bond donors (Lipinski definition) is 0. The maximum atomic E-state index is 12.6. The Kier molecular flexibility index (Phi) is 7.47. The first-order valence-electron chi connectivity index (χ1n) is 9.32. The number of hydrogen-bond acceptors (Lipinski definition) is 5. The van der Waals surface area contributed by atoms with Gasteiger partial charge in [0.05, 0.1) is 20.8 Å². The van der Waals surface area contributed by atoms with Crippen molar-refractivity contribution < 1.29 is 19.1 Å². The molecule has 27 heavy (non-hydrogen) atoms. The van der Waals surface area contributed by atoms with E-state index in [1.807, 2.05) is 36.9 Å². The molecule has 0 spiro atoms. The lowest BCUT2D eigenvalue weighted by Gasteiger charge is -2.35. The van der Waals surface area contributed by atoms with Gasteiger partial charge in [0, 0.05) is 51.3 Å². The maximum absolute atomic E-state index is 12.6. The predicted octanol–water partition coefficient (Wildman–Crippen LogP) is 1.46. The van der Waals surface area contributed by atoms with Crippen LogP contribution in [0.4, 0.5) is 0 Å². The van der Waals surface area contributed by atoms with Crippen molar-refractivity contribution in [2.75, 3.05) is 54.0 Å². The Bertz CT molecular complexity index is 655. The highest BCUT2D eigenvalue weighted by atomic mass is 16.5. The molecule has 1 aromatic carbocycles. The summed E-state index contributed by atoms with van der Waals surface area (Å²) in [5.74, 6) is 1.55. The van der Waals surface area contributed by atoms with E-state index in [2.05, 4.69) is 4.90 Å². The molecular weight excluding hydrogens is 346 g/mol. The zero-order valence-corrected chi connectivity index (χ0v) is 17.0. The second-order valence-electron chi connectivity index (χ2n) is 7.16. The summed E-state index contributed by atoms with van der Waals surface area (Å²) in [6, 6.07) is 5.66. The van der Waals surface area contributed by atoms with Crippen LogP contribution in [0.5, 0.6) is 11.5 Å². The number of piperazine rings is 1. The minimum Gasteiger partial charge on any atom is -0.493 e. The summed E-state index contributed by atoms with van der Waals surface area (Å²) in [6.45, 7) is 7.44. The lowest BCUT2D eigenvalue weighted by atomic mass is 10.1. The van der Waals surface area contributed by atoms with Crippen molar-refractivity contribution in [2.24, 2.45) is 5.92 Å². The van der Waals surface area contributed by atoms with E-state index in [9.17, 15) is 9.59 Å². The van der Waals surface area contributed by atoms with Gasteiger partial charge < -0.3 is 19.3 Å². The lowest BCUT2D eigenvalue weighted by Crippen LogP contribution is -2.52. The molecule has 0 aromatic heterocycles. The van der Waals surface area contributed by atoms with Crippen LogP contribution in [-0.4, -0.2) is 80.5 Å². The fraction of sp³-hybridized carbons (Fsp3) is 0.600. The number of amides is 2. The zero-order chi connectivity index (χ0) is 20.0. The first-order chi connectivity index (χ1) is 12.9. The fourth-order valence-electron chi connectivity index (χ4n) is 3.23. The summed E-state index contributed by atoms with van der Waals surface area (Å²) in [7, 11) is 4.99. The SMILES string of the molecule is COc1cccc(CN(C)C(=O)CN2CCN(C(=O)C(C)C)CC2)c1OC. The van der Waals surface area contributed by atoms with E-state index in [1.54, 1.807) is 26.2 Å². The summed E-state index contributed by atoms with van der Waals surface area (Å²) in [5.41, 5.74) is 0.903. The summed E-state index contributed by atoms with van der Waals surface area (Å²) in [4.78, 5) is 30.4. The van der Waals surface area contributed by atoms with Crippen molar-refractivity contribution >= 4 is 11.8 Å². The molecule has 7 heteroatoms. The average Bonchev–Trinajstić information content (AvgIpc) is 2.67. The van der Waals surface area contributed by atoms with Gasteiger partial charge in [-0.05, 0) is 6.07 Å². The minimum atomic E-state index is 0.0159. The molecule has 0 atom stereocenters. The lowest BCUT2D eigenvalue weighted by molar-refractivity contribution is -0.137. The Balaban J connectivity index is 1.89. The van der Waals surface area contributed by atoms with E-state index in [0.717, 1.165) is 18.7 Å². The van der Waals surface area contributed by atoms with Crippen LogP contribution in [0, 0.1) is 5.92 Å². The molecule has 1 aliphatic rings. The van der Waals surface area contributed by atoms with Gasteiger partial charge in [-0.1, -0.05) is 26.0 Å². The highest BCUT2D eigenvalue weighted by Gasteiger charge is 2.25. The van der Waals surface area contributed by atoms with E-state index in [1.165, 1.54) is 0 Å².